The maximum absolute atomic E-state index is 11.9. The summed E-state index contributed by atoms with van der Waals surface area (Å²) in [5.74, 6) is -0.119. The second-order valence-corrected chi connectivity index (χ2v) is 6.14. The van der Waals surface area contributed by atoms with E-state index in [1.807, 2.05) is 13.8 Å². The maximum Gasteiger partial charge on any atom is 0.251 e. The van der Waals surface area contributed by atoms with Crippen molar-refractivity contribution in [3.05, 3.63) is 60.1 Å². The van der Waals surface area contributed by atoms with Crippen LogP contribution < -0.4 is 16.0 Å². The van der Waals surface area contributed by atoms with E-state index in [1.165, 1.54) is 12.3 Å². The van der Waals surface area contributed by atoms with Crippen LogP contribution in [0.1, 0.15) is 36.4 Å². The van der Waals surface area contributed by atoms with Gasteiger partial charge in [-0.1, -0.05) is 0 Å². The van der Waals surface area contributed by atoms with Crippen LogP contribution in [0.4, 0.5) is 5.69 Å². The number of nitrogens with one attached hydrogen (secondary N) is 3. The molecule has 1 heterocycles. The Morgan fingerprint density at radius 1 is 1.11 bits per heavy atom. The second kappa shape index (κ2) is 9.96. The normalized spacial score (nSPS) is 10.8. The fourth-order valence-corrected chi connectivity index (χ4v) is 2.18. The van der Waals surface area contributed by atoms with Gasteiger partial charge in [0.25, 0.3) is 5.91 Å². The van der Waals surface area contributed by atoms with Crippen LogP contribution in [-0.4, -0.2) is 30.3 Å². The standard InChI is InChI=1S/C20H23N3O4/c1-14(2)22-20(26)15-5-7-16(8-6-15)23-19(25)11-12-21-18(24)10-9-17-4-3-13-27-17/h3-10,13-14H,11-12H2,1-2H3,(H,21,24)(H,22,26)(H,23,25). The summed E-state index contributed by atoms with van der Waals surface area (Å²) in [6, 6.07) is 10.1. The van der Waals surface area contributed by atoms with Crippen molar-refractivity contribution in [2.24, 2.45) is 0 Å². The molecule has 0 fully saturated rings. The Labute approximate surface area is 157 Å². The number of carbonyl (C=O) groups excluding carboxylic acids is 3. The Balaban J connectivity index is 1.72. The van der Waals surface area contributed by atoms with E-state index in [4.69, 9.17) is 4.42 Å². The van der Waals surface area contributed by atoms with E-state index in [1.54, 1.807) is 42.5 Å². The van der Waals surface area contributed by atoms with Crippen molar-refractivity contribution in [2.45, 2.75) is 26.3 Å². The van der Waals surface area contributed by atoms with Crippen LogP contribution in [0, 0.1) is 0 Å². The van der Waals surface area contributed by atoms with Crippen LogP contribution in [0.25, 0.3) is 6.08 Å². The minimum Gasteiger partial charge on any atom is -0.465 e. The highest BCUT2D eigenvalue weighted by atomic mass is 16.3. The maximum atomic E-state index is 11.9. The predicted molar refractivity (Wildman–Crippen MR) is 103 cm³/mol. The fraction of sp³-hybridized carbons (Fsp3) is 0.250. The van der Waals surface area contributed by atoms with Gasteiger partial charge in [-0.05, 0) is 56.3 Å². The van der Waals surface area contributed by atoms with Gasteiger partial charge in [0.15, 0.2) is 0 Å². The van der Waals surface area contributed by atoms with Crippen LogP contribution in [0.15, 0.2) is 53.2 Å². The number of furan rings is 1. The molecule has 0 aliphatic rings. The molecule has 142 valence electrons. The summed E-state index contributed by atoms with van der Waals surface area (Å²) in [6.45, 7) is 3.98. The Hall–Kier alpha value is -3.35. The smallest absolute Gasteiger partial charge is 0.251 e. The number of hydrogen-bond donors (Lipinski definition) is 3. The monoisotopic (exact) mass is 369 g/mol. The van der Waals surface area contributed by atoms with E-state index in [9.17, 15) is 14.4 Å². The quantitative estimate of drug-likeness (QED) is 0.623. The molecule has 0 radical (unpaired) electrons. The third-order valence-electron chi connectivity index (χ3n) is 3.44. The summed E-state index contributed by atoms with van der Waals surface area (Å²) in [6.07, 6.45) is 4.55. The van der Waals surface area contributed by atoms with Crippen molar-refractivity contribution >= 4 is 29.5 Å². The molecule has 0 atom stereocenters. The lowest BCUT2D eigenvalue weighted by Gasteiger charge is -2.09. The van der Waals surface area contributed by atoms with Crippen LogP contribution in [0.2, 0.25) is 0 Å². The van der Waals surface area contributed by atoms with Gasteiger partial charge in [0.2, 0.25) is 11.8 Å². The summed E-state index contributed by atoms with van der Waals surface area (Å²) in [4.78, 5) is 35.4. The van der Waals surface area contributed by atoms with Crippen LogP contribution in [-0.2, 0) is 9.59 Å². The second-order valence-electron chi connectivity index (χ2n) is 6.14. The third kappa shape index (κ3) is 7.19. The molecule has 0 aliphatic heterocycles. The van der Waals surface area contributed by atoms with Crippen LogP contribution in [0.3, 0.4) is 0 Å². The first kappa shape index (κ1) is 20.0. The molecule has 1 aromatic carbocycles. The van der Waals surface area contributed by atoms with E-state index < -0.39 is 0 Å². The van der Waals surface area contributed by atoms with Gasteiger partial charge in [-0.2, -0.15) is 0 Å². The molecule has 0 aliphatic carbocycles. The number of hydrogen-bond acceptors (Lipinski definition) is 4. The first-order valence-corrected chi connectivity index (χ1v) is 8.64. The van der Waals surface area contributed by atoms with Gasteiger partial charge in [0.1, 0.15) is 5.76 Å². The molecule has 0 saturated carbocycles. The summed E-state index contributed by atoms with van der Waals surface area (Å²) in [5, 5.41) is 8.14. The summed E-state index contributed by atoms with van der Waals surface area (Å²) in [7, 11) is 0. The number of benzene rings is 1. The average molecular weight is 369 g/mol. The first-order chi connectivity index (χ1) is 12.9. The number of amides is 3. The van der Waals surface area contributed by atoms with Crippen molar-refractivity contribution in [1.82, 2.24) is 10.6 Å². The summed E-state index contributed by atoms with van der Waals surface area (Å²) < 4.78 is 5.08. The first-order valence-electron chi connectivity index (χ1n) is 8.64. The Morgan fingerprint density at radius 3 is 2.48 bits per heavy atom. The fourth-order valence-electron chi connectivity index (χ4n) is 2.18. The Kier molecular flexibility index (Phi) is 7.37. The molecule has 0 saturated heterocycles. The van der Waals surface area contributed by atoms with E-state index in [0.717, 1.165) is 0 Å². The molecule has 7 nitrogen and oxygen atoms in total. The van der Waals surface area contributed by atoms with Gasteiger partial charge in [-0.15, -0.1) is 0 Å². The molecule has 2 rings (SSSR count). The molecule has 0 bridgehead atoms. The van der Waals surface area contributed by atoms with Crippen molar-refractivity contribution in [2.75, 3.05) is 11.9 Å². The number of anilines is 1. The Bertz CT molecular complexity index is 793. The molecule has 2 aromatic rings. The Morgan fingerprint density at radius 2 is 1.85 bits per heavy atom. The number of carbonyl (C=O) groups is 3. The SMILES string of the molecule is CC(C)NC(=O)c1ccc(NC(=O)CCNC(=O)C=Cc2ccco2)cc1. The van der Waals surface area contributed by atoms with Crippen molar-refractivity contribution in [3.8, 4) is 0 Å². The molecular formula is C20H23N3O4. The van der Waals surface area contributed by atoms with E-state index in [-0.39, 0.29) is 36.7 Å². The van der Waals surface area contributed by atoms with Crippen molar-refractivity contribution < 1.29 is 18.8 Å². The molecule has 0 spiro atoms. The van der Waals surface area contributed by atoms with Crippen LogP contribution >= 0.6 is 0 Å². The van der Waals surface area contributed by atoms with Gasteiger partial charge in [-0.3, -0.25) is 14.4 Å². The molecule has 3 N–H and O–H groups in total. The molecule has 27 heavy (non-hydrogen) atoms. The third-order valence-corrected chi connectivity index (χ3v) is 3.44. The molecule has 3 amide bonds. The zero-order valence-electron chi connectivity index (χ0n) is 15.3. The predicted octanol–water partition coefficient (Wildman–Crippen LogP) is 2.58. The molecule has 1 aromatic heterocycles. The minimum absolute atomic E-state index is 0.0565. The zero-order chi connectivity index (χ0) is 19.6. The minimum atomic E-state index is -0.306. The summed E-state index contributed by atoms with van der Waals surface area (Å²) in [5.41, 5.74) is 1.11. The van der Waals surface area contributed by atoms with Gasteiger partial charge in [0, 0.05) is 36.3 Å². The molecule has 7 heteroatoms. The highest BCUT2D eigenvalue weighted by molar-refractivity contribution is 5.96. The lowest BCUT2D eigenvalue weighted by molar-refractivity contribution is -0.117. The largest absolute Gasteiger partial charge is 0.465 e. The van der Waals surface area contributed by atoms with Crippen molar-refractivity contribution in [3.63, 3.8) is 0 Å². The lowest BCUT2D eigenvalue weighted by Crippen LogP contribution is -2.30. The van der Waals surface area contributed by atoms with Gasteiger partial charge in [0.05, 0.1) is 6.26 Å². The summed E-state index contributed by atoms with van der Waals surface area (Å²) >= 11 is 0. The van der Waals surface area contributed by atoms with E-state index >= 15 is 0 Å². The molecular weight excluding hydrogens is 346 g/mol. The van der Waals surface area contributed by atoms with E-state index in [0.29, 0.717) is 17.0 Å². The van der Waals surface area contributed by atoms with Gasteiger partial charge < -0.3 is 20.4 Å². The van der Waals surface area contributed by atoms with Crippen molar-refractivity contribution in [1.29, 1.82) is 0 Å². The van der Waals surface area contributed by atoms with Gasteiger partial charge >= 0.3 is 0 Å². The average Bonchev–Trinajstić information content (AvgIpc) is 3.13. The number of rotatable bonds is 8. The zero-order valence-corrected chi connectivity index (χ0v) is 15.3. The molecule has 0 unspecified atom stereocenters. The lowest BCUT2D eigenvalue weighted by atomic mass is 10.2. The highest BCUT2D eigenvalue weighted by Crippen LogP contribution is 2.10. The van der Waals surface area contributed by atoms with E-state index in [2.05, 4.69) is 16.0 Å². The topological polar surface area (TPSA) is 100 Å². The van der Waals surface area contributed by atoms with Crippen LogP contribution in [0.5, 0.6) is 0 Å². The van der Waals surface area contributed by atoms with Gasteiger partial charge in [-0.25, -0.2) is 0 Å². The highest BCUT2D eigenvalue weighted by Gasteiger charge is 2.08.